The van der Waals surface area contributed by atoms with Crippen LogP contribution in [-0.4, -0.2) is 10.9 Å². The molecule has 0 unspecified atom stereocenters. The van der Waals surface area contributed by atoms with Gasteiger partial charge in [-0.25, -0.2) is 0 Å². The number of benzene rings is 1. The first-order chi connectivity index (χ1) is 7.96. The average molecular weight is 248 g/mol. The van der Waals surface area contributed by atoms with Crippen LogP contribution >= 0.6 is 0 Å². The SMILES string of the molecule is CC(=O)c1c(O)ccc(C(C)(C)C)c1C(C)(C)C. The summed E-state index contributed by atoms with van der Waals surface area (Å²) in [5, 5.41) is 9.99. The van der Waals surface area contributed by atoms with Gasteiger partial charge in [-0.1, -0.05) is 47.6 Å². The summed E-state index contributed by atoms with van der Waals surface area (Å²) in [5.74, 6) is 0.00366. The van der Waals surface area contributed by atoms with E-state index < -0.39 is 0 Å². The van der Waals surface area contributed by atoms with Gasteiger partial charge in [0.25, 0.3) is 0 Å². The summed E-state index contributed by atoms with van der Waals surface area (Å²) in [6.07, 6.45) is 0. The highest BCUT2D eigenvalue weighted by atomic mass is 16.3. The van der Waals surface area contributed by atoms with Gasteiger partial charge in [0.15, 0.2) is 5.78 Å². The Kier molecular flexibility index (Phi) is 3.62. The van der Waals surface area contributed by atoms with Crippen molar-refractivity contribution in [1.82, 2.24) is 0 Å². The summed E-state index contributed by atoms with van der Waals surface area (Å²) in [4.78, 5) is 11.9. The van der Waals surface area contributed by atoms with E-state index in [1.54, 1.807) is 6.07 Å². The number of hydrogen-bond acceptors (Lipinski definition) is 2. The summed E-state index contributed by atoms with van der Waals surface area (Å²) in [6.45, 7) is 14.1. The van der Waals surface area contributed by atoms with Crippen molar-refractivity contribution in [2.24, 2.45) is 0 Å². The van der Waals surface area contributed by atoms with Gasteiger partial charge in [0.05, 0.1) is 5.56 Å². The van der Waals surface area contributed by atoms with Crippen LogP contribution in [0.2, 0.25) is 0 Å². The van der Waals surface area contributed by atoms with E-state index in [4.69, 9.17) is 0 Å². The predicted molar refractivity (Wildman–Crippen MR) is 75.5 cm³/mol. The second-order valence-electron chi connectivity index (χ2n) is 6.94. The Labute approximate surface area is 110 Å². The molecule has 0 heterocycles. The van der Waals surface area contributed by atoms with Crippen LogP contribution in [0.1, 0.15) is 70.0 Å². The number of Topliss-reactive ketones (excluding diaryl/α,β-unsaturated/α-hetero) is 1. The fourth-order valence-electron chi connectivity index (χ4n) is 2.35. The molecule has 0 saturated heterocycles. The predicted octanol–water partition coefficient (Wildman–Crippen LogP) is 4.19. The number of ketones is 1. The van der Waals surface area contributed by atoms with Crippen molar-refractivity contribution < 1.29 is 9.90 Å². The lowest BCUT2D eigenvalue weighted by atomic mass is 9.72. The first kappa shape index (κ1) is 14.7. The number of hydrogen-bond donors (Lipinski definition) is 1. The van der Waals surface area contributed by atoms with E-state index in [1.165, 1.54) is 6.92 Å². The van der Waals surface area contributed by atoms with E-state index >= 15 is 0 Å². The summed E-state index contributed by atoms with van der Waals surface area (Å²) in [6, 6.07) is 3.56. The Morgan fingerprint density at radius 1 is 1.00 bits per heavy atom. The topological polar surface area (TPSA) is 37.3 Å². The van der Waals surface area contributed by atoms with Gasteiger partial charge in [-0.05, 0) is 34.9 Å². The minimum Gasteiger partial charge on any atom is -0.507 e. The summed E-state index contributed by atoms with van der Waals surface area (Å²) >= 11 is 0. The van der Waals surface area contributed by atoms with Crippen LogP contribution in [0, 0.1) is 0 Å². The fraction of sp³-hybridized carbons (Fsp3) is 0.562. The van der Waals surface area contributed by atoms with E-state index in [-0.39, 0.29) is 22.4 Å². The summed E-state index contributed by atoms with van der Waals surface area (Å²) < 4.78 is 0. The fourth-order valence-corrected chi connectivity index (χ4v) is 2.35. The Hall–Kier alpha value is -1.31. The molecule has 100 valence electrons. The smallest absolute Gasteiger partial charge is 0.163 e. The molecule has 1 rings (SSSR count). The van der Waals surface area contributed by atoms with Crippen molar-refractivity contribution in [2.75, 3.05) is 0 Å². The molecule has 0 bridgehead atoms. The molecule has 18 heavy (non-hydrogen) atoms. The zero-order chi connectivity index (χ0) is 14.3. The lowest BCUT2D eigenvalue weighted by Crippen LogP contribution is -2.25. The van der Waals surface area contributed by atoms with Crippen LogP contribution in [0.3, 0.4) is 0 Å². The standard InChI is InChI=1S/C16H24O2/c1-10(17)13-12(18)9-8-11(15(2,3)4)14(13)16(5,6)7/h8-9,18H,1-7H3. The van der Waals surface area contributed by atoms with E-state index in [2.05, 4.69) is 41.5 Å². The first-order valence-electron chi connectivity index (χ1n) is 6.34. The normalized spacial score (nSPS) is 12.6. The van der Waals surface area contributed by atoms with E-state index in [0.29, 0.717) is 5.56 Å². The summed E-state index contributed by atoms with van der Waals surface area (Å²) in [5.41, 5.74) is 2.32. The number of carbonyl (C=O) groups excluding carboxylic acids is 1. The molecule has 0 spiro atoms. The highest BCUT2D eigenvalue weighted by Crippen LogP contribution is 2.39. The van der Waals surface area contributed by atoms with Gasteiger partial charge >= 0.3 is 0 Å². The molecule has 0 aliphatic heterocycles. The van der Waals surface area contributed by atoms with Crippen LogP contribution in [0.25, 0.3) is 0 Å². The highest BCUT2D eigenvalue weighted by molar-refractivity contribution is 5.99. The molecular formula is C16H24O2. The quantitative estimate of drug-likeness (QED) is 0.757. The maximum Gasteiger partial charge on any atom is 0.163 e. The maximum absolute atomic E-state index is 11.9. The largest absolute Gasteiger partial charge is 0.507 e. The molecule has 0 aromatic heterocycles. The molecule has 0 aliphatic rings. The van der Waals surface area contributed by atoms with Gasteiger partial charge in [-0.15, -0.1) is 0 Å². The second kappa shape index (κ2) is 4.42. The molecule has 1 aromatic rings. The van der Waals surface area contributed by atoms with Gasteiger partial charge in [-0.3, -0.25) is 4.79 Å². The molecule has 0 fully saturated rings. The lowest BCUT2D eigenvalue weighted by Gasteiger charge is -2.32. The van der Waals surface area contributed by atoms with Crippen molar-refractivity contribution in [3.63, 3.8) is 0 Å². The van der Waals surface area contributed by atoms with Crippen molar-refractivity contribution in [2.45, 2.75) is 59.3 Å². The highest BCUT2D eigenvalue weighted by Gasteiger charge is 2.30. The number of carbonyl (C=O) groups is 1. The second-order valence-corrected chi connectivity index (χ2v) is 6.94. The molecule has 0 atom stereocenters. The molecule has 0 radical (unpaired) electrons. The lowest BCUT2D eigenvalue weighted by molar-refractivity contribution is 0.101. The molecule has 1 aromatic carbocycles. The van der Waals surface area contributed by atoms with Gasteiger partial charge in [0.1, 0.15) is 5.75 Å². The Morgan fingerprint density at radius 3 is 1.83 bits per heavy atom. The Balaban J connectivity index is 3.78. The molecule has 0 aliphatic carbocycles. The van der Waals surface area contributed by atoms with Gasteiger partial charge in [-0.2, -0.15) is 0 Å². The van der Waals surface area contributed by atoms with Crippen molar-refractivity contribution in [3.8, 4) is 5.75 Å². The van der Waals surface area contributed by atoms with E-state index in [1.807, 2.05) is 6.07 Å². The molecule has 0 amide bonds. The van der Waals surface area contributed by atoms with Crippen LogP contribution in [0.15, 0.2) is 12.1 Å². The van der Waals surface area contributed by atoms with Crippen molar-refractivity contribution >= 4 is 5.78 Å². The van der Waals surface area contributed by atoms with E-state index in [0.717, 1.165) is 11.1 Å². The maximum atomic E-state index is 11.9. The van der Waals surface area contributed by atoms with Gasteiger partial charge < -0.3 is 5.11 Å². The Morgan fingerprint density at radius 2 is 1.50 bits per heavy atom. The van der Waals surface area contributed by atoms with Crippen molar-refractivity contribution in [1.29, 1.82) is 0 Å². The molecular weight excluding hydrogens is 224 g/mol. The van der Waals surface area contributed by atoms with Crippen molar-refractivity contribution in [3.05, 3.63) is 28.8 Å². The van der Waals surface area contributed by atoms with Crippen LogP contribution in [-0.2, 0) is 10.8 Å². The number of aromatic hydroxyl groups is 1. The first-order valence-corrected chi connectivity index (χ1v) is 6.34. The third kappa shape index (κ3) is 2.74. The number of phenolic OH excluding ortho intramolecular Hbond substituents is 1. The van der Waals surface area contributed by atoms with Crippen LogP contribution < -0.4 is 0 Å². The average Bonchev–Trinajstić information content (AvgIpc) is 2.12. The summed E-state index contributed by atoms with van der Waals surface area (Å²) in [7, 11) is 0. The molecule has 2 heteroatoms. The van der Waals surface area contributed by atoms with Crippen LogP contribution in [0.5, 0.6) is 5.75 Å². The molecule has 1 N–H and O–H groups in total. The Bertz CT molecular complexity index is 471. The van der Waals surface area contributed by atoms with E-state index in [9.17, 15) is 9.90 Å². The number of rotatable bonds is 1. The zero-order valence-corrected chi connectivity index (χ0v) is 12.5. The zero-order valence-electron chi connectivity index (χ0n) is 12.5. The van der Waals surface area contributed by atoms with Gasteiger partial charge in [0.2, 0.25) is 0 Å². The monoisotopic (exact) mass is 248 g/mol. The minimum atomic E-state index is -0.178. The van der Waals surface area contributed by atoms with Crippen LogP contribution in [0.4, 0.5) is 0 Å². The third-order valence-corrected chi connectivity index (χ3v) is 3.09. The molecule has 2 nitrogen and oxygen atoms in total. The van der Waals surface area contributed by atoms with Gasteiger partial charge in [0, 0.05) is 0 Å². The minimum absolute atomic E-state index is 0.0550. The number of phenols is 1. The third-order valence-electron chi connectivity index (χ3n) is 3.09. The molecule has 0 saturated carbocycles.